The number of ether oxygens (including phenoxy) is 2. The monoisotopic (exact) mass is 621 g/mol. The van der Waals surface area contributed by atoms with E-state index in [0.29, 0.717) is 58.3 Å². The zero-order valence-corrected chi connectivity index (χ0v) is 25.5. The smallest absolute Gasteiger partial charge is 0.319 e. The molecule has 224 valence electrons. The van der Waals surface area contributed by atoms with Crippen molar-refractivity contribution >= 4 is 55.0 Å². The summed E-state index contributed by atoms with van der Waals surface area (Å²) < 4.78 is 30.8. The lowest BCUT2D eigenvalue weighted by atomic mass is 9.92. The molecule has 0 radical (unpaired) electrons. The molecule has 2 aromatic carbocycles. The van der Waals surface area contributed by atoms with Crippen LogP contribution >= 0.6 is 22.9 Å². The summed E-state index contributed by atoms with van der Waals surface area (Å²) >= 11 is 8.46. The predicted molar refractivity (Wildman–Crippen MR) is 167 cm³/mol. The summed E-state index contributed by atoms with van der Waals surface area (Å²) in [4.78, 5) is 19.1. The van der Waals surface area contributed by atoms with Gasteiger partial charge in [0, 0.05) is 36.3 Å². The van der Waals surface area contributed by atoms with E-state index in [0.717, 1.165) is 56.4 Å². The Hall–Kier alpha value is -2.99. The molecule has 4 saturated heterocycles. The second-order valence-electron chi connectivity index (χ2n) is 13.0. The van der Waals surface area contributed by atoms with Crippen molar-refractivity contribution in [1.29, 1.82) is 0 Å². The van der Waals surface area contributed by atoms with E-state index in [-0.39, 0.29) is 39.7 Å². The first-order valence-electron chi connectivity index (χ1n) is 15.3. The van der Waals surface area contributed by atoms with Crippen molar-refractivity contribution in [3.05, 3.63) is 29.0 Å². The van der Waals surface area contributed by atoms with Gasteiger partial charge in [0.1, 0.15) is 24.5 Å². The Morgan fingerprint density at radius 3 is 3.05 bits per heavy atom. The van der Waals surface area contributed by atoms with Crippen molar-refractivity contribution in [2.75, 3.05) is 43.5 Å². The highest BCUT2D eigenvalue weighted by Crippen LogP contribution is 2.50. The molecule has 43 heavy (non-hydrogen) atoms. The fraction of sp³-hybridized carbons (Fsp3) is 0.516. The van der Waals surface area contributed by atoms with E-state index in [1.807, 2.05) is 18.2 Å². The molecule has 0 spiro atoms. The van der Waals surface area contributed by atoms with Crippen molar-refractivity contribution in [3.8, 4) is 22.9 Å². The van der Waals surface area contributed by atoms with Crippen molar-refractivity contribution < 1.29 is 13.9 Å². The van der Waals surface area contributed by atoms with E-state index in [4.69, 9.17) is 36.8 Å². The van der Waals surface area contributed by atoms with Crippen LogP contribution in [0.25, 0.3) is 32.2 Å². The summed E-state index contributed by atoms with van der Waals surface area (Å²) in [6.07, 6.45) is 5.49. The number of thiazole rings is 1. The minimum atomic E-state index is -0.536. The minimum absolute atomic E-state index is 0.0132. The lowest BCUT2D eigenvalue weighted by molar-refractivity contribution is 0.107. The summed E-state index contributed by atoms with van der Waals surface area (Å²) in [5.41, 5.74) is 7.57. The number of aromatic nitrogens is 3. The largest absolute Gasteiger partial charge is 0.489 e. The van der Waals surface area contributed by atoms with Gasteiger partial charge in [-0.1, -0.05) is 42.0 Å². The molecule has 5 aliphatic rings. The number of nitrogens with two attached hydrogens (primary N) is 1. The summed E-state index contributed by atoms with van der Waals surface area (Å²) in [5.74, 6) is 1.13. The summed E-state index contributed by atoms with van der Waals surface area (Å²) in [6, 6.07) is 6.43. The van der Waals surface area contributed by atoms with E-state index < -0.39 is 5.82 Å². The maximum absolute atomic E-state index is 17.0. The topological polar surface area (TPSA) is 102 Å². The maximum atomic E-state index is 17.0. The fourth-order valence-corrected chi connectivity index (χ4v) is 9.67. The number of nitrogen functional groups attached to an aromatic ring is 1. The van der Waals surface area contributed by atoms with Gasteiger partial charge in [-0.3, -0.25) is 4.90 Å². The zero-order chi connectivity index (χ0) is 29.0. The first kappa shape index (κ1) is 26.4. The molecule has 3 N–H and O–H groups in total. The second-order valence-corrected chi connectivity index (χ2v) is 14.5. The van der Waals surface area contributed by atoms with Gasteiger partial charge in [0.25, 0.3) is 0 Å². The van der Waals surface area contributed by atoms with Crippen LogP contribution in [0.4, 0.5) is 15.3 Å². The molecule has 5 atom stereocenters. The van der Waals surface area contributed by atoms with Gasteiger partial charge in [-0.05, 0) is 50.6 Å². The number of halogens is 2. The average molecular weight is 622 g/mol. The summed E-state index contributed by atoms with van der Waals surface area (Å²) in [6.45, 7) is 6.12. The van der Waals surface area contributed by atoms with Crippen LogP contribution in [0.2, 0.25) is 5.02 Å². The third-order valence-corrected chi connectivity index (χ3v) is 11.6. The van der Waals surface area contributed by atoms with E-state index in [9.17, 15) is 0 Å². The van der Waals surface area contributed by atoms with Gasteiger partial charge in [0.2, 0.25) is 0 Å². The van der Waals surface area contributed by atoms with Crippen molar-refractivity contribution in [1.82, 2.24) is 25.2 Å². The van der Waals surface area contributed by atoms with E-state index in [1.54, 1.807) is 0 Å². The van der Waals surface area contributed by atoms with Crippen LogP contribution in [0, 0.1) is 11.7 Å². The highest BCUT2D eigenvalue weighted by Gasteiger charge is 2.48. The normalized spacial score (nSPS) is 29.6. The first-order chi connectivity index (χ1) is 20.9. The quantitative estimate of drug-likeness (QED) is 0.317. The lowest BCUT2D eigenvalue weighted by Gasteiger charge is -2.40. The van der Waals surface area contributed by atoms with Crippen LogP contribution in [-0.2, 0) is 0 Å². The predicted octanol–water partition coefficient (Wildman–Crippen LogP) is 5.24. The molecule has 12 heteroatoms. The number of benzene rings is 2. The standard InChI is InChI=1S/C31H33ClFN7O2S/c1-15-10-31(8-3-9-39(31)11-15)14-42-30-37-26-22-27(41-13-19-18-7-6-16(35-18)12-40(19)28(22)38-30)23(32)21(24(26)33)17-4-2-5-20-25(17)36-29(34)43-20/h2,4-5,15-16,18-19,35H,3,6-14H2,1H3,(H2,34,36)/t15?,16-,18+,19-,31+/m1/s1. The van der Waals surface area contributed by atoms with Crippen molar-refractivity contribution in [2.45, 2.75) is 62.7 Å². The van der Waals surface area contributed by atoms with Crippen molar-refractivity contribution in [2.24, 2.45) is 5.92 Å². The molecule has 5 aliphatic heterocycles. The molecule has 1 unspecified atom stereocenters. The van der Waals surface area contributed by atoms with Crippen LogP contribution in [0.3, 0.4) is 0 Å². The Morgan fingerprint density at radius 1 is 1.23 bits per heavy atom. The molecule has 4 fully saturated rings. The Balaban J connectivity index is 1.24. The summed E-state index contributed by atoms with van der Waals surface area (Å²) in [5, 5.41) is 4.85. The third-order valence-electron chi connectivity index (χ3n) is 10.3. The number of piperazine rings is 1. The van der Waals surface area contributed by atoms with Gasteiger partial charge < -0.3 is 25.4 Å². The van der Waals surface area contributed by atoms with Crippen LogP contribution in [-0.4, -0.2) is 76.4 Å². The Labute approximate surface area is 257 Å². The molecule has 4 aromatic rings. The van der Waals surface area contributed by atoms with Gasteiger partial charge in [-0.2, -0.15) is 9.97 Å². The molecule has 0 saturated carbocycles. The third kappa shape index (κ3) is 3.90. The zero-order valence-electron chi connectivity index (χ0n) is 23.9. The van der Waals surface area contributed by atoms with E-state index in [2.05, 4.69) is 27.0 Å². The van der Waals surface area contributed by atoms with Crippen LogP contribution in [0.15, 0.2) is 18.2 Å². The molecule has 9 rings (SSSR count). The number of nitrogens with zero attached hydrogens (tertiary/aromatic N) is 5. The van der Waals surface area contributed by atoms with E-state index in [1.165, 1.54) is 11.3 Å². The molecular formula is C31H33ClFN7O2S. The van der Waals surface area contributed by atoms with Crippen LogP contribution in [0.5, 0.6) is 11.8 Å². The Bertz CT molecular complexity index is 1800. The SMILES string of the molecule is CC1CN2CCC[C@@]2(COc2nc3c4c(c(Cl)c(-c5cccc6sc(N)nc56)c(F)c4n2)OC[C@@H]2[C@@H]4CC[C@H](CN32)N4)C1. The van der Waals surface area contributed by atoms with Gasteiger partial charge in [-0.25, -0.2) is 9.37 Å². The van der Waals surface area contributed by atoms with Gasteiger partial charge >= 0.3 is 6.01 Å². The number of hydrogen-bond donors (Lipinski definition) is 2. The average Bonchev–Trinajstić information content (AvgIpc) is 3.72. The summed E-state index contributed by atoms with van der Waals surface area (Å²) in [7, 11) is 0. The Kier molecular flexibility index (Phi) is 5.84. The van der Waals surface area contributed by atoms with Gasteiger partial charge in [-0.15, -0.1) is 0 Å². The van der Waals surface area contributed by atoms with Gasteiger partial charge in [0.15, 0.2) is 16.7 Å². The number of nitrogens with one attached hydrogen (secondary N) is 1. The molecule has 7 heterocycles. The second kappa shape index (κ2) is 9.50. The van der Waals surface area contributed by atoms with Crippen molar-refractivity contribution in [3.63, 3.8) is 0 Å². The van der Waals surface area contributed by atoms with Crippen LogP contribution in [0.1, 0.15) is 39.0 Å². The number of rotatable bonds is 4. The molecule has 9 nitrogen and oxygen atoms in total. The molecule has 0 aliphatic carbocycles. The molecular weight excluding hydrogens is 589 g/mol. The fourth-order valence-electron chi connectivity index (χ4n) is 8.57. The Morgan fingerprint density at radius 2 is 2.14 bits per heavy atom. The molecule has 2 bridgehead atoms. The number of anilines is 2. The minimum Gasteiger partial charge on any atom is -0.489 e. The highest BCUT2D eigenvalue weighted by molar-refractivity contribution is 7.22. The highest BCUT2D eigenvalue weighted by atomic mass is 35.5. The van der Waals surface area contributed by atoms with E-state index >= 15 is 4.39 Å². The van der Waals surface area contributed by atoms with Crippen LogP contribution < -0.4 is 25.4 Å². The molecule has 0 amide bonds. The van der Waals surface area contributed by atoms with Gasteiger partial charge in [0.05, 0.1) is 32.2 Å². The lowest BCUT2D eigenvalue weighted by Crippen LogP contribution is -2.60. The maximum Gasteiger partial charge on any atom is 0.319 e. The molecule has 2 aromatic heterocycles. The number of fused-ring (bicyclic) bond motifs is 7. The number of para-hydroxylation sites is 1. The first-order valence-corrected chi connectivity index (χ1v) is 16.5. The number of hydrogen-bond acceptors (Lipinski definition) is 10.